The first-order chi connectivity index (χ1) is 15.9. The van der Waals surface area contributed by atoms with E-state index < -0.39 is 4.92 Å². The third-order valence-electron chi connectivity index (χ3n) is 5.03. The Morgan fingerprint density at radius 2 is 2.03 bits per heavy atom. The van der Waals surface area contributed by atoms with Crippen LogP contribution in [0.15, 0.2) is 52.6 Å². The number of nitro groups is 1. The molecule has 3 heterocycles. The molecular formula is C22H20N6O4S. The second-order valence-electron chi connectivity index (χ2n) is 7.26. The van der Waals surface area contributed by atoms with Crippen molar-refractivity contribution in [3.05, 3.63) is 85.1 Å². The number of nitrogens with one attached hydrogen (secondary N) is 2. The number of H-pyrrole nitrogens is 1. The van der Waals surface area contributed by atoms with Gasteiger partial charge in [0.2, 0.25) is 11.9 Å². The second-order valence-corrected chi connectivity index (χ2v) is 8.21. The Balaban J connectivity index is 1.66. The molecule has 4 aromatic rings. The van der Waals surface area contributed by atoms with Crippen LogP contribution < -0.4 is 10.9 Å². The van der Waals surface area contributed by atoms with Crippen molar-refractivity contribution in [2.45, 2.75) is 26.7 Å². The number of aryl methyl sites for hydroxylation is 1. The smallest absolute Gasteiger partial charge is 0.269 e. The monoisotopic (exact) mass is 464 g/mol. The number of rotatable bonds is 7. The molecule has 2 N–H and O–H groups in total. The Labute approximate surface area is 192 Å². The summed E-state index contributed by atoms with van der Waals surface area (Å²) < 4.78 is 1.40. The fourth-order valence-corrected chi connectivity index (χ4v) is 4.08. The molecule has 0 fully saturated rings. The lowest BCUT2D eigenvalue weighted by atomic mass is 10.1. The molecule has 10 nitrogen and oxygen atoms in total. The topological polar surface area (TPSA) is 136 Å². The minimum absolute atomic E-state index is 0.00918. The number of carbonyl (C=O) groups excluding carboxylic acids is 1. The van der Waals surface area contributed by atoms with Crippen molar-refractivity contribution in [3.8, 4) is 16.5 Å². The highest BCUT2D eigenvalue weighted by Gasteiger charge is 2.18. The van der Waals surface area contributed by atoms with E-state index in [0.29, 0.717) is 34.8 Å². The first-order valence-electron chi connectivity index (χ1n) is 10.1. The number of amides is 1. The third-order valence-corrected chi connectivity index (χ3v) is 5.92. The zero-order valence-corrected chi connectivity index (χ0v) is 18.7. The van der Waals surface area contributed by atoms with E-state index in [1.165, 1.54) is 40.3 Å². The van der Waals surface area contributed by atoms with E-state index in [2.05, 4.69) is 20.4 Å². The van der Waals surface area contributed by atoms with Crippen LogP contribution >= 0.6 is 11.3 Å². The molecule has 0 saturated heterocycles. The number of carbonyl (C=O) groups is 1. The van der Waals surface area contributed by atoms with E-state index >= 15 is 0 Å². The highest BCUT2D eigenvalue weighted by atomic mass is 32.1. The van der Waals surface area contributed by atoms with Crippen LogP contribution in [0.25, 0.3) is 16.5 Å². The van der Waals surface area contributed by atoms with Crippen LogP contribution in [-0.2, 0) is 17.6 Å². The summed E-state index contributed by atoms with van der Waals surface area (Å²) in [5, 5.41) is 20.1. The summed E-state index contributed by atoms with van der Waals surface area (Å²) >= 11 is 1.49. The predicted octanol–water partition coefficient (Wildman–Crippen LogP) is 3.64. The number of hydrogen-bond donors (Lipinski definition) is 2. The fraction of sp³-hybridized carbons (Fsp3) is 0.182. The first kappa shape index (κ1) is 22.1. The number of hydrogen-bond acceptors (Lipinski definition) is 7. The molecule has 0 unspecified atom stereocenters. The van der Waals surface area contributed by atoms with E-state index in [-0.39, 0.29) is 29.5 Å². The van der Waals surface area contributed by atoms with Crippen molar-refractivity contribution >= 4 is 28.7 Å². The Morgan fingerprint density at radius 1 is 1.27 bits per heavy atom. The third kappa shape index (κ3) is 4.72. The number of anilines is 1. The number of aromatic nitrogens is 4. The number of nitro benzene ring substituents is 1. The quantitative estimate of drug-likeness (QED) is 0.317. The maximum absolute atomic E-state index is 12.7. The maximum Gasteiger partial charge on any atom is 0.269 e. The largest absolute Gasteiger partial charge is 0.310 e. The van der Waals surface area contributed by atoms with Crippen molar-refractivity contribution in [1.29, 1.82) is 0 Å². The number of benzene rings is 1. The van der Waals surface area contributed by atoms with E-state index in [1.54, 1.807) is 13.0 Å². The van der Waals surface area contributed by atoms with Crippen molar-refractivity contribution in [3.63, 3.8) is 0 Å². The van der Waals surface area contributed by atoms with Crippen LogP contribution in [0.1, 0.15) is 23.7 Å². The number of thiophene rings is 1. The number of non-ortho nitro benzene ring substituents is 1. The molecule has 0 bridgehead atoms. The lowest BCUT2D eigenvalue weighted by molar-refractivity contribution is -0.384. The molecule has 11 heteroatoms. The lowest BCUT2D eigenvalue weighted by Gasteiger charge is -2.10. The van der Waals surface area contributed by atoms with E-state index in [1.807, 2.05) is 24.4 Å². The summed E-state index contributed by atoms with van der Waals surface area (Å²) in [5.41, 5.74) is 2.13. The van der Waals surface area contributed by atoms with Crippen molar-refractivity contribution < 1.29 is 9.72 Å². The average Bonchev–Trinajstić information content (AvgIpc) is 3.44. The molecular weight excluding hydrogens is 444 g/mol. The van der Waals surface area contributed by atoms with Crippen LogP contribution in [0.2, 0.25) is 0 Å². The van der Waals surface area contributed by atoms with Crippen LogP contribution in [0.5, 0.6) is 0 Å². The minimum Gasteiger partial charge on any atom is -0.310 e. The molecule has 0 aliphatic heterocycles. The summed E-state index contributed by atoms with van der Waals surface area (Å²) in [6.45, 7) is 3.64. The van der Waals surface area contributed by atoms with Gasteiger partial charge in [-0.05, 0) is 30.4 Å². The predicted molar refractivity (Wildman–Crippen MR) is 125 cm³/mol. The molecule has 1 aromatic carbocycles. The van der Waals surface area contributed by atoms with Gasteiger partial charge in [0.05, 0.1) is 16.2 Å². The maximum atomic E-state index is 12.7. The highest BCUT2D eigenvalue weighted by molar-refractivity contribution is 7.13. The molecule has 0 spiro atoms. The van der Waals surface area contributed by atoms with Gasteiger partial charge in [-0.15, -0.1) is 11.3 Å². The standard InChI is InChI=1S/C22H20N6O4S/c1-3-16-13(2)23-22(25-21(16)30)27-19(12-17(26-27)18-5-4-10-33-18)24-20(29)11-14-6-8-15(9-7-14)28(31)32/h4-10,12H,3,11H2,1-2H3,(H,24,29)(H,23,25,30). The lowest BCUT2D eigenvalue weighted by Crippen LogP contribution is -2.22. The van der Waals surface area contributed by atoms with Gasteiger partial charge in [-0.1, -0.05) is 25.1 Å². The van der Waals surface area contributed by atoms with Crippen molar-refractivity contribution in [2.75, 3.05) is 5.32 Å². The van der Waals surface area contributed by atoms with Crippen LogP contribution in [0.3, 0.4) is 0 Å². The molecule has 33 heavy (non-hydrogen) atoms. The normalized spacial score (nSPS) is 10.8. The Hall–Kier alpha value is -4.12. The molecule has 0 aliphatic carbocycles. The highest BCUT2D eigenvalue weighted by Crippen LogP contribution is 2.27. The molecule has 0 atom stereocenters. The van der Waals surface area contributed by atoms with Gasteiger partial charge in [0.25, 0.3) is 11.2 Å². The van der Waals surface area contributed by atoms with Crippen LogP contribution in [0.4, 0.5) is 11.5 Å². The summed E-state index contributed by atoms with van der Waals surface area (Å²) in [6.07, 6.45) is 0.558. The molecule has 168 valence electrons. The second kappa shape index (κ2) is 9.17. The van der Waals surface area contributed by atoms with Gasteiger partial charge < -0.3 is 5.32 Å². The van der Waals surface area contributed by atoms with Gasteiger partial charge in [-0.25, -0.2) is 4.98 Å². The van der Waals surface area contributed by atoms with Crippen molar-refractivity contribution in [2.24, 2.45) is 0 Å². The van der Waals surface area contributed by atoms with Crippen LogP contribution in [0, 0.1) is 17.0 Å². The first-order valence-corrected chi connectivity index (χ1v) is 11.0. The van der Waals surface area contributed by atoms with Crippen LogP contribution in [-0.4, -0.2) is 30.6 Å². The van der Waals surface area contributed by atoms with E-state index in [9.17, 15) is 19.7 Å². The van der Waals surface area contributed by atoms with Gasteiger partial charge in [0, 0.05) is 29.5 Å². The van der Waals surface area contributed by atoms with E-state index in [0.717, 1.165) is 4.88 Å². The summed E-state index contributed by atoms with van der Waals surface area (Å²) in [5.74, 6) is 0.201. The van der Waals surface area contributed by atoms with E-state index in [4.69, 9.17) is 0 Å². The molecule has 0 aliphatic rings. The molecule has 1 amide bonds. The van der Waals surface area contributed by atoms with Crippen molar-refractivity contribution in [1.82, 2.24) is 19.7 Å². The van der Waals surface area contributed by atoms with Gasteiger partial charge in [-0.2, -0.15) is 9.78 Å². The summed E-state index contributed by atoms with van der Waals surface area (Å²) in [4.78, 5) is 43.7. The molecule has 0 saturated carbocycles. The fourth-order valence-electron chi connectivity index (χ4n) is 3.40. The van der Waals surface area contributed by atoms with Gasteiger partial charge in [0.15, 0.2) is 0 Å². The number of nitrogens with zero attached hydrogens (tertiary/aromatic N) is 4. The Morgan fingerprint density at radius 3 is 2.64 bits per heavy atom. The Kier molecular flexibility index (Phi) is 6.13. The van der Waals surface area contributed by atoms with Gasteiger partial charge in [0.1, 0.15) is 11.5 Å². The van der Waals surface area contributed by atoms with Gasteiger partial charge in [-0.3, -0.25) is 24.7 Å². The minimum atomic E-state index is -0.492. The summed E-state index contributed by atoms with van der Waals surface area (Å²) in [6, 6.07) is 11.3. The SMILES string of the molecule is CCc1c(C)nc(-n2nc(-c3cccs3)cc2NC(=O)Cc2ccc([N+](=O)[O-])cc2)[nH]c1=O. The van der Waals surface area contributed by atoms with Gasteiger partial charge >= 0.3 is 0 Å². The average molecular weight is 465 g/mol. The molecule has 0 radical (unpaired) electrons. The number of aromatic amines is 1. The Bertz CT molecular complexity index is 1370. The molecule has 3 aromatic heterocycles. The summed E-state index contributed by atoms with van der Waals surface area (Å²) in [7, 11) is 0. The zero-order chi connectivity index (χ0) is 23.5. The zero-order valence-electron chi connectivity index (χ0n) is 17.9. The molecule has 4 rings (SSSR count).